The van der Waals surface area contributed by atoms with Crippen LogP contribution in [0.4, 0.5) is 4.39 Å². The molecule has 1 aromatic heterocycles. The molecule has 0 amide bonds. The zero-order valence-electron chi connectivity index (χ0n) is 10.1. The Balaban J connectivity index is 2.67. The number of hydrogen-bond acceptors (Lipinski definition) is 2. The van der Waals surface area contributed by atoms with Gasteiger partial charge in [-0.25, -0.2) is 9.37 Å². The Morgan fingerprint density at radius 1 is 1.35 bits per heavy atom. The number of imidazole rings is 1. The molecular formula is C13H15FN2O. The number of aryl methyl sites for hydroxylation is 1. The third kappa shape index (κ3) is 1.96. The number of nitrogens with zero attached hydrogens (tertiary/aromatic N) is 2. The molecule has 1 heterocycles. The maximum atomic E-state index is 13.7. The number of hydrogen-bond donors (Lipinski definition) is 1. The highest BCUT2D eigenvalue weighted by atomic mass is 19.1. The van der Waals surface area contributed by atoms with E-state index in [0.717, 1.165) is 11.4 Å². The van der Waals surface area contributed by atoms with E-state index >= 15 is 0 Å². The second-order valence-corrected chi connectivity index (χ2v) is 4.13. The van der Waals surface area contributed by atoms with E-state index in [-0.39, 0.29) is 0 Å². The lowest BCUT2D eigenvalue weighted by molar-refractivity contribution is 0.194. The molecule has 1 N–H and O–H groups in total. The molecule has 2 rings (SSSR count). The van der Waals surface area contributed by atoms with Gasteiger partial charge in [-0.3, -0.25) is 0 Å². The zero-order valence-corrected chi connectivity index (χ0v) is 10.1. The van der Waals surface area contributed by atoms with Crippen LogP contribution in [0.1, 0.15) is 30.0 Å². The Labute approximate surface area is 99.5 Å². The summed E-state index contributed by atoms with van der Waals surface area (Å²) in [4.78, 5) is 4.18. The molecule has 1 aromatic carbocycles. The Kier molecular flexibility index (Phi) is 2.98. The average molecular weight is 234 g/mol. The summed E-state index contributed by atoms with van der Waals surface area (Å²) >= 11 is 0. The maximum Gasteiger partial charge on any atom is 0.131 e. The summed E-state index contributed by atoms with van der Waals surface area (Å²) in [5, 5.41) is 9.67. The summed E-state index contributed by atoms with van der Waals surface area (Å²) in [6.45, 7) is 5.37. The van der Waals surface area contributed by atoms with Crippen LogP contribution in [0.25, 0.3) is 5.69 Å². The van der Waals surface area contributed by atoms with Crippen LogP contribution in [0.2, 0.25) is 0 Å². The third-order valence-corrected chi connectivity index (χ3v) is 2.96. The van der Waals surface area contributed by atoms with Crippen LogP contribution < -0.4 is 0 Å². The van der Waals surface area contributed by atoms with Gasteiger partial charge in [0, 0.05) is 11.3 Å². The average Bonchev–Trinajstić information content (AvgIpc) is 2.59. The molecule has 0 saturated carbocycles. The molecule has 0 spiro atoms. The van der Waals surface area contributed by atoms with Crippen molar-refractivity contribution in [3.63, 3.8) is 0 Å². The summed E-state index contributed by atoms with van der Waals surface area (Å²) in [7, 11) is 0. The van der Waals surface area contributed by atoms with Gasteiger partial charge in [0.15, 0.2) is 0 Å². The minimum atomic E-state index is -0.853. The van der Waals surface area contributed by atoms with Crippen LogP contribution in [0.3, 0.4) is 0 Å². The molecule has 0 aliphatic heterocycles. The fraction of sp³-hybridized carbons (Fsp3) is 0.308. The largest absolute Gasteiger partial charge is 0.389 e. The van der Waals surface area contributed by atoms with E-state index in [1.807, 2.05) is 13.8 Å². The molecule has 90 valence electrons. The fourth-order valence-electron chi connectivity index (χ4n) is 1.89. The van der Waals surface area contributed by atoms with Gasteiger partial charge in [-0.1, -0.05) is 6.07 Å². The van der Waals surface area contributed by atoms with Crippen molar-refractivity contribution in [2.75, 3.05) is 0 Å². The SMILES string of the molecule is Cc1ncn(-c2cccc(F)c2C(C)O)c1C. The first-order chi connectivity index (χ1) is 8.02. The molecule has 0 saturated heterocycles. The van der Waals surface area contributed by atoms with Crippen LogP contribution in [0.5, 0.6) is 0 Å². The van der Waals surface area contributed by atoms with Gasteiger partial charge in [0.25, 0.3) is 0 Å². The lowest BCUT2D eigenvalue weighted by Gasteiger charge is -2.14. The zero-order chi connectivity index (χ0) is 12.6. The topological polar surface area (TPSA) is 38.0 Å². The Hall–Kier alpha value is -1.68. The smallest absolute Gasteiger partial charge is 0.131 e. The van der Waals surface area contributed by atoms with E-state index in [1.54, 1.807) is 30.0 Å². The summed E-state index contributed by atoms with van der Waals surface area (Å²) in [5.41, 5.74) is 2.77. The molecule has 4 heteroatoms. The molecule has 0 aliphatic rings. The first kappa shape index (κ1) is 11.8. The molecule has 0 radical (unpaired) electrons. The van der Waals surface area contributed by atoms with Crippen molar-refractivity contribution in [1.82, 2.24) is 9.55 Å². The van der Waals surface area contributed by atoms with Gasteiger partial charge in [-0.05, 0) is 32.9 Å². The number of halogens is 1. The van der Waals surface area contributed by atoms with Gasteiger partial charge in [-0.15, -0.1) is 0 Å². The standard InChI is InChI=1S/C13H15FN2O/c1-8-9(2)16(7-15-8)12-6-4-5-11(14)13(12)10(3)17/h4-7,10,17H,1-3H3. The van der Waals surface area contributed by atoms with E-state index in [2.05, 4.69) is 4.98 Å². The summed E-state index contributed by atoms with van der Waals surface area (Å²) in [5.74, 6) is -0.400. The van der Waals surface area contributed by atoms with Crippen LogP contribution in [-0.4, -0.2) is 14.7 Å². The van der Waals surface area contributed by atoms with Crippen molar-refractivity contribution in [2.24, 2.45) is 0 Å². The predicted molar refractivity (Wildman–Crippen MR) is 63.6 cm³/mol. The highest BCUT2D eigenvalue weighted by Crippen LogP contribution is 2.26. The van der Waals surface area contributed by atoms with Gasteiger partial charge < -0.3 is 9.67 Å². The third-order valence-electron chi connectivity index (χ3n) is 2.96. The maximum absolute atomic E-state index is 13.7. The first-order valence-electron chi connectivity index (χ1n) is 5.49. The number of aliphatic hydroxyl groups is 1. The molecule has 3 nitrogen and oxygen atoms in total. The predicted octanol–water partition coefficient (Wildman–Crippen LogP) is 2.68. The molecule has 0 bridgehead atoms. The van der Waals surface area contributed by atoms with E-state index in [1.165, 1.54) is 6.07 Å². The van der Waals surface area contributed by atoms with E-state index < -0.39 is 11.9 Å². The van der Waals surface area contributed by atoms with Crippen molar-refractivity contribution < 1.29 is 9.50 Å². The Morgan fingerprint density at radius 2 is 2.06 bits per heavy atom. The molecule has 0 fully saturated rings. The Bertz CT molecular complexity index is 546. The van der Waals surface area contributed by atoms with E-state index in [4.69, 9.17) is 0 Å². The number of aliphatic hydroxyl groups excluding tert-OH is 1. The molecule has 17 heavy (non-hydrogen) atoms. The van der Waals surface area contributed by atoms with Crippen molar-refractivity contribution in [3.05, 3.63) is 47.3 Å². The van der Waals surface area contributed by atoms with Crippen molar-refractivity contribution in [1.29, 1.82) is 0 Å². The second kappa shape index (κ2) is 4.30. The first-order valence-corrected chi connectivity index (χ1v) is 5.49. The van der Waals surface area contributed by atoms with Crippen LogP contribution in [0.15, 0.2) is 24.5 Å². The number of rotatable bonds is 2. The highest BCUT2D eigenvalue weighted by Gasteiger charge is 2.16. The van der Waals surface area contributed by atoms with Crippen LogP contribution >= 0.6 is 0 Å². The summed E-state index contributed by atoms with van der Waals surface area (Å²) in [6, 6.07) is 4.76. The molecule has 1 unspecified atom stereocenters. The Morgan fingerprint density at radius 3 is 2.59 bits per heavy atom. The van der Waals surface area contributed by atoms with Gasteiger partial charge in [0.2, 0.25) is 0 Å². The quantitative estimate of drug-likeness (QED) is 0.867. The normalized spacial score (nSPS) is 12.8. The lowest BCUT2D eigenvalue weighted by Crippen LogP contribution is -2.06. The van der Waals surface area contributed by atoms with Crippen LogP contribution in [-0.2, 0) is 0 Å². The van der Waals surface area contributed by atoms with Gasteiger partial charge >= 0.3 is 0 Å². The summed E-state index contributed by atoms with van der Waals surface area (Å²) < 4.78 is 15.5. The number of aromatic nitrogens is 2. The summed E-state index contributed by atoms with van der Waals surface area (Å²) in [6.07, 6.45) is 0.791. The minimum absolute atomic E-state index is 0.299. The number of benzene rings is 1. The molecule has 1 atom stereocenters. The van der Waals surface area contributed by atoms with Gasteiger partial charge in [0.1, 0.15) is 5.82 Å². The lowest BCUT2D eigenvalue weighted by atomic mass is 10.1. The van der Waals surface area contributed by atoms with Crippen molar-refractivity contribution in [3.8, 4) is 5.69 Å². The van der Waals surface area contributed by atoms with Gasteiger partial charge in [0.05, 0.1) is 23.8 Å². The molecule has 2 aromatic rings. The molecular weight excluding hydrogens is 219 g/mol. The van der Waals surface area contributed by atoms with Crippen LogP contribution in [0, 0.1) is 19.7 Å². The van der Waals surface area contributed by atoms with Crippen molar-refractivity contribution in [2.45, 2.75) is 26.9 Å². The second-order valence-electron chi connectivity index (χ2n) is 4.13. The minimum Gasteiger partial charge on any atom is -0.389 e. The monoisotopic (exact) mass is 234 g/mol. The van der Waals surface area contributed by atoms with E-state index in [9.17, 15) is 9.50 Å². The highest BCUT2D eigenvalue weighted by molar-refractivity contribution is 5.44. The van der Waals surface area contributed by atoms with Gasteiger partial charge in [-0.2, -0.15) is 0 Å². The van der Waals surface area contributed by atoms with Crippen molar-refractivity contribution >= 4 is 0 Å². The fourth-order valence-corrected chi connectivity index (χ4v) is 1.89. The van der Waals surface area contributed by atoms with E-state index in [0.29, 0.717) is 11.3 Å². The molecule has 0 aliphatic carbocycles.